The van der Waals surface area contributed by atoms with Crippen molar-refractivity contribution < 1.29 is 14.1 Å². The first-order chi connectivity index (χ1) is 15.6. The molecule has 5 rings (SSSR count). The summed E-state index contributed by atoms with van der Waals surface area (Å²) in [4.78, 5) is 35.5. The van der Waals surface area contributed by atoms with Crippen molar-refractivity contribution in [2.45, 2.75) is 13.5 Å². The first-order valence-electron chi connectivity index (χ1n) is 10.9. The summed E-state index contributed by atoms with van der Waals surface area (Å²) in [7, 11) is 0. The summed E-state index contributed by atoms with van der Waals surface area (Å²) in [6.45, 7) is 7.21. The lowest BCUT2D eigenvalue weighted by molar-refractivity contribution is 0.0608. The molecular weight excluding hydrogens is 406 g/mol. The molecule has 0 N–H and O–H groups in total. The summed E-state index contributed by atoms with van der Waals surface area (Å²) >= 11 is 0. The Labute approximate surface area is 186 Å². The Morgan fingerprint density at radius 2 is 1.47 bits per heavy atom. The van der Waals surface area contributed by atoms with Crippen LogP contribution in [0.15, 0.2) is 53.1 Å². The van der Waals surface area contributed by atoms with Gasteiger partial charge in [0, 0.05) is 44.8 Å². The molecule has 3 aromatic rings. The van der Waals surface area contributed by atoms with E-state index in [2.05, 4.69) is 19.9 Å². The first kappa shape index (κ1) is 20.5. The smallest absolute Gasteiger partial charge is 0.261 e. The quantitative estimate of drug-likeness (QED) is 0.555. The van der Waals surface area contributed by atoms with Crippen molar-refractivity contribution in [2.75, 3.05) is 39.3 Å². The molecule has 0 saturated carbocycles. The predicted molar refractivity (Wildman–Crippen MR) is 118 cm³/mol. The third-order valence-corrected chi connectivity index (χ3v) is 6.12. The monoisotopic (exact) mass is 431 g/mol. The summed E-state index contributed by atoms with van der Waals surface area (Å²) in [5, 5.41) is 4.11. The lowest BCUT2D eigenvalue weighted by Crippen LogP contribution is -2.48. The molecule has 164 valence electrons. The van der Waals surface area contributed by atoms with E-state index in [1.54, 1.807) is 24.3 Å². The number of piperazine rings is 1. The number of hydrogen-bond acceptors (Lipinski definition) is 7. The molecule has 2 aromatic carbocycles. The number of nitrogens with zero attached hydrogens (tertiary/aromatic N) is 5. The normalized spacial score (nSPS) is 17.2. The number of amides is 2. The van der Waals surface area contributed by atoms with E-state index in [-0.39, 0.29) is 11.8 Å². The highest BCUT2D eigenvalue weighted by Gasteiger charge is 2.35. The molecule has 2 aliphatic rings. The fourth-order valence-electron chi connectivity index (χ4n) is 4.18. The van der Waals surface area contributed by atoms with Gasteiger partial charge in [-0.3, -0.25) is 24.3 Å². The minimum Gasteiger partial charge on any atom is -0.338 e. The second-order valence-corrected chi connectivity index (χ2v) is 8.30. The van der Waals surface area contributed by atoms with Gasteiger partial charge in [0.15, 0.2) is 0 Å². The van der Waals surface area contributed by atoms with E-state index in [4.69, 9.17) is 4.52 Å². The van der Waals surface area contributed by atoms with Gasteiger partial charge in [0.2, 0.25) is 11.7 Å². The maximum atomic E-state index is 12.5. The number of imide groups is 1. The van der Waals surface area contributed by atoms with E-state index in [0.29, 0.717) is 42.5 Å². The fourth-order valence-corrected chi connectivity index (χ4v) is 4.18. The summed E-state index contributed by atoms with van der Waals surface area (Å²) in [6, 6.07) is 15.1. The molecule has 0 radical (unpaired) electrons. The predicted octanol–water partition coefficient (Wildman–Crippen LogP) is 2.46. The van der Waals surface area contributed by atoms with Crippen LogP contribution >= 0.6 is 0 Å². The number of aromatic nitrogens is 2. The molecular formula is C24H25N5O3. The van der Waals surface area contributed by atoms with Gasteiger partial charge in [-0.1, -0.05) is 47.1 Å². The maximum absolute atomic E-state index is 12.5. The summed E-state index contributed by atoms with van der Waals surface area (Å²) in [5.41, 5.74) is 3.15. The molecule has 1 fully saturated rings. The van der Waals surface area contributed by atoms with Gasteiger partial charge in [-0.25, -0.2) is 0 Å². The van der Waals surface area contributed by atoms with E-state index >= 15 is 0 Å². The highest BCUT2D eigenvalue weighted by atomic mass is 16.5. The van der Waals surface area contributed by atoms with Crippen LogP contribution in [0.5, 0.6) is 0 Å². The van der Waals surface area contributed by atoms with E-state index < -0.39 is 0 Å². The molecule has 1 aromatic heterocycles. The number of rotatable bonds is 6. The molecule has 8 nitrogen and oxygen atoms in total. The largest absolute Gasteiger partial charge is 0.338 e. The standard InChI is InChI=1S/C24H25N5O3/c1-17-6-8-18(9-7-17)22-25-21(32-26-22)16-28-12-10-27(11-13-28)14-15-29-23(30)19-4-2-3-5-20(19)24(29)31/h2-9H,10-16H2,1H3. The third kappa shape index (κ3) is 4.06. The topological polar surface area (TPSA) is 82.8 Å². The van der Waals surface area contributed by atoms with Crippen LogP contribution in [0, 0.1) is 6.92 Å². The van der Waals surface area contributed by atoms with Crippen LogP contribution < -0.4 is 0 Å². The Hall–Kier alpha value is -3.36. The fraction of sp³-hybridized carbons (Fsp3) is 0.333. The number of hydrogen-bond donors (Lipinski definition) is 0. The van der Waals surface area contributed by atoms with Crippen LogP contribution in [-0.4, -0.2) is 75.9 Å². The Bertz CT molecular complexity index is 1100. The molecule has 0 bridgehead atoms. The number of fused-ring (bicyclic) bond motifs is 1. The van der Waals surface area contributed by atoms with Gasteiger partial charge in [-0.2, -0.15) is 4.98 Å². The van der Waals surface area contributed by atoms with Gasteiger partial charge in [-0.05, 0) is 19.1 Å². The van der Waals surface area contributed by atoms with Crippen molar-refractivity contribution in [1.82, 2.24) is 24.8 Å². The zero-order valence-electron chi connectivity index (χ0n) is 18.0. The van der Waals surface area contributed by atoms with E-state index in [0.717, 1.165) is 31.7 Å². The maximum Gasteiger partial charge on any atom is 0.261 e. The molecule has 0 atom stereocenters. The number of aryl methyl sites for hydroxylation is 1. The molecule has 2 aliphatic heterocycles. The molecule has 1 saturated heterocycles. The van der Waals surface area contributed by atoms with Crippen LogP contribution in [0.4, 0.5) is 0 Å². The molecule has 0 aliphatic carbocycles. The van der Waals surface area contributed by atoms with Crippen LogP contribution in [-0.2, 0) is 6.54 Å². The minimum absolute atomic E-state index is 0.190. The van der Waals surface area contributed by atoms with Crippen molar-refractivity contribution in [3.05, 3.63) is 71.1 Å². The van der Waals surface area contributed by atoms with Gasteiger partial charge < -0.3 is 4.52 Å². The van der Waals surface area contributed by atoms with Crippen molar-refractivity contribution in [2.24, 2.45) is 0 Å². The Balaban J connectivity index is 1.10. The summed E-state index contributed by atoms with van der Waals surface area (Å²) < 4.78 is 5.45. The molecule has 0 unspecified atom stereocenters. The molecule has 2 amide bonds. The van der Waals surface area contributed by atoms with Gasteiger partial charge in [0.05, 0.1) is 17.7 Å². The number of carbonyl (C=O) groups is 2. The zero-order chi connectivity index (χ0) is 22.1. The first-order valence-corrected chi connectivity index (χ1v) is 10.9. The van der Waals surface area contributed by atoms with Crippen LogP contribution in [0.3, 0.4) is 0 Å². The van der Waals surface area contributed by atoms with E-state index in [1.165, 1.54) is 10.5 Å². The van der Waals surface area contributed by atoms with Crippen LogP contribution in [0.2, 0.25) is 0 Å². The van der Waals surface area contributed by atoms with Gasteiger partial charge in [0.25, 0.3) is 11.8 Å². The highest BCUT2D eigenvalue weighted by Crippen LogP contribution is 2.22. The lowest BCUT2D eigenvalue weighted by Gasteiger charge is -2.34. The second-order valence-electron chi connectivity index (χ2n) is 8.30. The average Bonchev–Trinajstić information content (AvgIpc) is 3.37. The number of benzene rings is 2. The number of carbonyl (C=O) groups excluding carboxylic acids is 2. The highest BCUT2D eigenvalue weighted by molar-refractivity contribution is 6.21. The van der Waals surface area contributed by atoms with Gasteiger partial charge >= 0.3 is 0 Å². The lowest BCUT2D eigenvalue weighted by atomic mass is 10.1. The molecule has 0 spiro atoms. The molecule has 8 heteroatoms. The second kappa shape index (κ2) is 8.64. The third-order valence-electron chi connectivity index (χ3n) is 6.12. The minimum atomic E-state index is -0.190. The Kier molecular flexibility index (Phi) is 5.55. The Morgan fingerprint density at radius 1 is 0.844 bits per heavy atom. The van der Waals surface area contributed by atoms with Crippen molar-refractivity contribution >= 4 is 11.8 Å². The van der Waals surface area contributed by atoms with Crippen molar-refractivity contribution in [3.63, 3.8) is 0 Å². The summed E-state index contributed by atoms with van der Waals surface area (Å²) in [5.74, 6) is 0.842. The van der Waals surface area contributed by atoms with Crippen molar-refractivity contribution in [3.8, 4) is 11.4 Å². The zero-order valence-corrected chi connectivity index (χ0v) is 18.0. The Morgan fingerprint density at radius 3 is 2.12 bits per heavy atom. The molecule has 32 heavy (non-hydrogen) atoms. The SMILES string of the molecule is Cc1ccc(-c2noc(CN3CCN(CCN4C(=O)c5ccccc5C4=O)CC3)n2)cc1. The molecule has 3 heterocycles. The van der Waals surface area contributed by atoms with E-state index in [1.807, 2.05) is 31.2 Å². The van der Waals surface area contributed by atoms with Crippen LogP contribution in [0.1, 0.15) is 32.2 Å². The van der Waals surface area contributed by atoms with Crippen LogP contribution in [0.25, 0.3) is 11.4 Å². The average molecular weight is 431 g/mol. The van der Waals surface area contributed by atoms with Crippen molar-refractivity contribution in [1.29, 1.82) is 0 Å². The van der Waals surface area contributed by atoms with Gasteiger partial charge in [0.1, 0.15) is 0 Å². The summed E-state index contributed by atoms with van der Waals surface area (Å²) in [6.07, 6.45) is 0. The van der Waals surface area contributed by atoms with E-state index in [9.17, 15) is 9.59 Å². The van der Waals surface area contributed by atoms with Gasteiger partial charge in [-0.15, -0.1) is 0 Å².